The molecule has 1 atom stereocenters. The predicted molar refractivity (Wildman–Crippen MR) is 113 cm³/mol. The van der Waals surface area contributed by atoms with Crippen molar-refractivity contribution in [1.29, 1.82) is 5.26 Å². The SMILES string of the molecule is CC(Nc1nc(N)nc(N)c1C#N)c1nc2c(F)ccc(F)c2c(=O)n1-c1cccnc1. The molecule has 0 aliphatic heterocycles. The molecule has 0 amide bonds. The van der Waals surface area contributed by atoms with Gasteiger partial charge >= 0.3 is 0 Å². The van der Waals surface area contributed by atoms with E-state index in [2.05, 4.69) is 25.3 Å². The lowest BCUT2D eigenvalue weighted by Gasteiger charge is -2.20. The molecule has 4 rings (SSSR count). The van der Waals surface area contributed by atoms with Gasteiger partial charge in [0.2, 0.25) is 5.95 Å². The fourth-order valence-corrected chi connectivity index (χ4v) is 3.24. The highest BCUT2D eigenvalue weighted by atomic mass is 19.1. The third kappa shape index (κ3) is 3.41. The minimum atomic E-state index is -0.910. The van der Waals surface area contributed by atoms with Gasteiger partial charge in [-0.15, -0.1) is 0 Å². The maximum atomic E-state index is 14.5. The van der Waals surface area contributed by atoms with E-state index in [4.69, 9.17) is 11.5 Å². The summed E-state index contributed by atoms with van der Waals surface area (Å²) < 4.78 is 30.0. The van der Waals surface area contributed by atoms with Crippen molar-refractivity contribution in [2.24, 2.45) is 0 Å². The van der Waals surface area contributed by atoms with E-state index in [-0.39, 0.29) is 34.7 Å². The number of anilines is 3. The summed E-state index contributed by atoms with van der Waals surface area (Å²) in [6.45, 7) is 1.59. The van der Waals surface area contributed by atoms with Crippen molar-refractivity contribution in [3.8, 4) is 11.8 Å². The van der Waals surface area contributed by atoms with Gasteiger partial charge in [-0.05, 0) is 31.2 Å². The van der Waals surface area contributed by atoms with E-state index in [0.29, 0.717) is 0 Å². The van der Waals surface area contributed by atoms with Crippen molar-refractivity contribution in [3.05, 3.63) is 70.0 Å². The summed E-state index contributed by atoms with van der Waals surface area (Å²) in [6.07, 6.45) is 2.87. The van der Waals surface area contributed by atoms with Crippen LogP contribution in [0.1, 0.15) is 24.4 Å². The molecule has 0 spiro atoms. The number of nitriles is 1. The van der Waals surface area contributed by atoms with E-state index in [9.17, 15) is 18.8 Å². The van der Waals surface area contributed by atoms with Gasteiger partial charge < -0.3 is 16.8 Å². The maximum Gasteiger partial charge on any atom is 0.269 e. The Morgan fingerprint density at radius 1 is 1.16 bits per heavy atom. The Balaban J connectivity index is 1.97. The van der Waals surface area contributed by atoms with Crippen molar-refractivity contribution >= 4 is 28.5 Å². The molecule has 0 fully saturated rings. The Kier molecular flexibility index (Phi) is 5.07. The highest BCUT2D eigenvalue weighted by Gasteiger charge is 2.23. The van der Waals surface area contributed by atoms with E-state index in [0.717, 1.165) is 16.7 Å². The number of nitrogens with two attached hydrogens (primary N) is 2. The van der Waals surface area contributed by atoms with Crippen LogP contribution in [-0.4, -0.2) is 24.5 Å². The number of pyridine rings is 1. The first-order valence-electron chi connectivity index (χ1n) is 9.22. The van der Waals surface area contributed by atoms with Gasteiger partial charge in [0.25, 0.3) is 5.56 Å². The first kappa shape index (κ1) is 20.6. The highest BCUT2D eigenvalue weighted by Crippen LogP contribution is 2.26. The van der Waals surface area contributed by atoms with Crippen LogP contribution in [0.4, 0.5) is 26.4 Å². The number of fused-ring (bicyclic) bond motifs is 1. The van der Waals surface area contributed by atoms with E-state index >= 15 is 0 Å². The number of rotatable bonds is 4. The third-order valence-corrected chi connectivity index (χ3v) is 4.66. The van der Waals surface area contributed by atoms with Gasteiger partial charge in [0, 0.05) is 6.20 Å². The van der Waals surface area contributed by atoms with Gasteiger partial charge in [0.15, 0.2) is 5.82 Å². The molecule has 0 saturated heterocycles. The molecular formula is C20H15F2N9O. The van der Waals surface area contributed by atoms with Crippen molar-refractivity contribution < 1.29 is 8.78 Å². The smallest absolute Gasteiger partial charge is 0.269 e. The Labute approximate surface area is 179 Å². The van der Waals surface area contributed by atoms with E-state index in [1.54, 1.807) is 19.1 Å². The molecule has 1 unspecified atom stereocenters. The molecule has 10 nitrogen and oxygen atoms in total. The zero-order chi connectivity index (χ0) is 23.0. The first-order chi connectivity index (χ1) is 15.3. The Hall–Kier alpha value is -4.66. The standard InChI is InChI=1S/C20H15F2N9O/c1-9(27-17-11(7-23)16(24)29-20(25)30-17)18-28-15-13(22)5-4-12(21)14(15)19(32)31(18)10-3-2-6-26-8-10/h2-6,8-9H,1H3,(H5,24,25,27,29,30). The van der Waals surface area contributed by atoms with Crippen molar-refractivity contribution in [1.82, 2.24) is 24.5 Å². The van der Waals surface area contributed by atoms with Gasteiger partial charge in [-0.2, -0.15) is 15.2 Å². The molecule has 0 saturated carbocycles. The van der Waals surface area contributed by atoms with Crippen LogP contribution < -0.4 is 22.3 Å². The van der Waals surface area contributed by atoms with Gasteiger partial charge in [-0.25, -0.2) is 13.8 Å². The van der Waals surface area contributed by atoms with Crippen LogP contribution in [-0.2, 0) is 0 Å². The lowest BCUT2D eigenvalue weighted by atomic mass is 10.2. The van der Waals surface area contributed by atoms with Gasteiger partial charge in [0.05, 0.1) is 17.9 Å². The quantitative estimate of drug-likeness (QED) is 0.435. The van der Waals surface area contributed by atoms with Crippen molar-refractivity contribution in [2.45, 2.75) is 13.0 Å². The van der Waals surface area contributed by atoms with Gasteiger partial charge in [0.1, 0.15) is 45.8 Å². The molecule has 0 aliphatic carbocycles. The number of nitrogens with zero attached hydrogens (tertiary/aromatic N) is 6. The summed E-state index contributed by atoms with van der Waals surface area (Å²) in [7, 11) is 0. The van der Waals surface area contributed by atoms with Crippen LogP contribution >= 0.6 is 0 Å². The molecule has 3 aromatic heterocycles. The topological polar surface area (TPSA) is 161 Å². The number of nitrogens with one attached hydrogen (secondary N) is 1. The number of hydrogen-bond acceptors (Lipinski definition) is 9. The van der Waals surface area contributed by atoms with Crippen LogP contribution in [0, 0.1) is 23.0 Å². The van der Waals surface area contributed by atoms with Crippen LogP contribution in [0.15, 0.2) is 41.5 Å². The second-order valence-corrected chi connectivity index (χ2v) is 6.74. The molecule has 5 N–H and O–H groups in total. The monoisotopic (exact) mass is 435 g/mol. The highest BCUT2D eigenvalue weighted by molar-refractivity contribution is 5.79. The number of halogens is 2. The summed E-state index contributed by atoms with van der Waals surface area (Å²) in [4.78, 5) is 29.2. The van der Waals surface area contributed by atoms with E-state index < -0.39 is 34.1 Å². The number of nitrogen functional groups attached to an aromatic ring is 2. The average molecular weight is 435 g/mol. The second kappa shape index (κ2) is 7.88. The molecular weight excluding hydrogens is 420 g/mol. The minimum Gasteiger partial charge on any atom is -0.382 e. The van der Waals surface area contributed by atoms with Crippen molar-refractivity contribution in [2.75, 3.05) is 16.8 Å². The van der Waals surface area contributed by atoms with Gasteiger partial charge in [-0.3, -0.25) is 14.3 Å². The number of benzene rings is 1. The van der Waals surface area contributed by atoms with Crippen molar-refractivity contribution in [3.63, 3.8) is 0 Å². The molecule has 0 radical (unpaired) electrons. The van der Waals surface area contributed by atoms with Crippen LogP contribution in [0.5, 0.6) is 0 Å². The number of hydrogen-bond donors (Lipinski definition) is 3. The predicted octanol–water partition coefficient (Wildman–Crippen LogP) is 2.06. The lowest BCUT2D eigenvalue weighted by Crippen LogP contribution is -2.28. The summed E-state index contributed by atoms with van der Waals surface area (Å²) in [6, 6.07) is 5.93. The van der Waals surface area contributed by atoms with Crippen LogP contribution in [0.2, 0.25) is 0 Å². The second-order valence-electron chi connectivity index (χ2n) is 6.74. The summed E-state index contributed by atoms with van der Waals surface area (Å²) in [5, 5.41) is 11.8. The Morgan fingerprint density at radius 3 is 2.59 bits per heavy atom. The molecule has 160 valence electrons. The maximum absolute atomic E-state index is 14.5. The molecule has 32 heavy (non-hydrogen) atoms. The molecule has 0 bridgehead atoms. The molecule has 3 heterocycles. The third-order valence-electron chi connectivity index (χ3n) is 4.66. The largest absolute Gasteiger partial charge is 0.382 e. The minimum absolute atomic E-state index is 0.00297. The molecule has 4 aromatic rings. The fraction of sp³-hybridized carbons (Fsp3) is 0.100. The zero-order valence-electron chi connectivity index (χ0n) is 16.5. The molecule has 1 aromatic carbocycles. The van der Waals surface area contributed by atoms with E-state index in [1.165, 1.54) is 12.4 Å². The van der Waals surface area contributed by atoms with Gasteiger partial charge in [-0.1, -0.05) is 0 Å². The Bertz CT molecular complexity index is 1450. The summed E-state index contributed by atoms with van der Waals surface area (Å²) >= 11 is 0. The first-order valence-corrected chi connectivity index (χ1v) is 9.22. The fourth-order valence-electron chi connectivity index (χ4n) is 3.24. The summed E-state index contributed by atoms with van der Waals surface area (Å²) in [5.41, 5.74) is 10.3. The number of aromatic nitrogens is 5. The van der Waals surface area contributed by atoms with E-state index in [1.807, 2.05) is 6.07 Å². The normalized spacial score (nSPS) is 11.8. The summed E-state index contributed by atoms with van der Waals surface area (Å²) in [5.74, 6) is -2.08. The van der Waals surface area contributed by atoms with Crippen LogP contribution in [0.25, 0.3) is 16.6 Å². The zero-order valence-corrected chi connectivity index (χ0v) is 16.5. The Morgan fingerprint density at radius 2 is 1.91 bits per heavy atom. The lowest BCUT2D eigenvalue weighted by molar-refractivity contribution is 0.608. The molecule has 12 heteroatoms. The average Bonchev–Trinajstić information content (AvgIpc) is 2.76. The van der Waals surface area contributed by atoms with Crippen LogP contribution in [0.3, 0.4) is 0 Å². The molecule has 0 aliphatic rings.